The number of nitrogens with zero attached hydrogens (tertiary/aromatic N) is 4. The Labute approximate surface area is 155 Å². The van der Waals surface area contributed by atoms with Crippen LogP contribution in [0.2, 0.25) is 0 Å². The lowest BCUT2D eigenvalue weighted by atomic mass is 10.3. The zero-order valence-electron chi connectivity index (χ0n) is 14.7. The molecule has 0 amide bonds. The van der Waals surface area contributed by atoms with Crippen LogP contribution in [0.15, 0.2) is 30.6 Å². The fraction of sp³-hybridized carbons (Fsp3) is 0.375. The van der Waals surface area contributed by atoms with Crippen molar-refractivity contribution in [1.29, 1.82) is 0 Å². The fourth-order valence-corrected chi connectivity index (χ4v) is 2.52. The molecule has 1 aromatic carbocycles. The maximum Gasteiger partial charge on any atom is 0.319 e. The molecular weight excluding hydrogens is 360 g/mol. The molecule has 0 aliphatic carbocycles. The lowest BCUT2D eigenvalue weighted by Crippen LogP contribution is -2.37. The predicted octanol–water partition coefficient (Wildman–Crippen LogP) is 1.02. The molecule has 0 radical (unpaired) electrons. The van der Waals surface area contributed by atoms with E-state index in [0.29, 0.717) is 10.5 Å². The highest BCUT2D eigenvalue weighted by atomic mass is 32.1. The molecule has 0 atom stereocenters. The minimum atomic E-state index is -0.482. The third-order valence-electron chi connectivity index (χ3n) is 3.57. The van der Waals surface area contributed by atoms with Crippen molar-refractivity contribution in [2.24, 2.45) is 0 Å². The Bertz CT molecular complexity index is 814. The van der Waals surface area contributed by atoms with E-state index in [0.717, 1.165) is 5.69 Å². The molecule has 2 aromatic rings. The highest BCUT2D eigenvalue weighted by Gasteiger charge is 2.18. The van der Waals surface area contributed by atoms with Gasteiger partial charge >= 0.3 is 11.9 Å². The Balaban J connectivity index is 2.27. The minimum absolute atomic E-state index is 0.102. The van der Waals surface area contributed by atoms with Crippen LogP contribution in [0.3, 0.4) is 0 Å². The van der Waals surface area contributed by atoms with E-state index < -0.39 is 11.9 Å². The molecule has 2 rings (SSSR count). The van der Waals surface area contributed by atoms with E-state index in [4.69, 9.17) is 17.0 Å². The van der Waals surface area contributed by atoms with Crippen molar-refractivity contribution in [1.82, 2.24) is 19.2 Å². The summed E-state index contributed by atoms with van der Waals surface area (Å²) in [6, 6.07) is 7.37. The van der Waals surface area contributed by atoms with Gasteiger partial charge in [-0.15, -0.1) is 0 Å². The van der Waals surface area contributed by atoms with Gasteiger partial charge in [-0.2, -0.15) is 5.10 Å². The van der Waals surface area contributed by atoms with E-state index in [-0.39, 0.29) is 19.8 Å². The van der Waals surface area contributed by atoms with Gasteiger partial charge in [0.1, 0.15) is 12.1 Å². The first-order valence-electron chi connectivity index (χ1n) is 7.64. The van der Waals surface area contributed by atoms with Gasteiger partial charge in [0.05, 0.1) is 46.8 Å². The molecule has 1 heterocycles. The number of hydrogen-bond donors (Lipinski definition) is 0. The molecule has 0 saturated carbocycles. The summed E-state index contributed by atoms with van der Waals surface area (Å²) in [4.78, 5) is 24.7. The van der Waals surface area contributed by atoms with Crippen molar-refractivity contribution >= 4 is 24.2 Å². The number of ether oxygens (including phenoxy) is 3. The van der Waals surface area contributed by atoms with Gasteiger partial charge in [-0.25, -0.2) is 4.68 Å². The molecule has 0 spiro atoms. The zero-order valence-corrected chi connectivity index (χ0v) is 15.6. The highest BCUT2D eigenvalue weighted by Crippen LogP contribution is 2.22. The summed E-state index contributed by atoms with van der Waals surface area (Å²) < 4.78 is 18.2. The van der Waals surface area contributed by atoms with E-state index in [1.807, 2.05) is 24.3 Å². The Morgan fingerprint density at radius 1 is 1.12 bits per heavy atom. The second-order valence-corrected chi connectivity index (χ2v) is 5.60. The van der Waals surface area contributed by atoms with Crippen LogP contribution in [0.4, 0.5) is 0 Å². The maximum atomic E-state index is 11.6. The summed E-state index contributed by atoms with van der Waals surface area (Å²) in [5, 5.41) is 4.25. The van der Waals surface area contributed by atoms with Crippen molar-refractivity contribution in [2.45, 2.75) is 6.67 Å². The van der Waals surface area contributed by atoms with Crippen molar-refractivity contribution in [3.63, 3.8) is 0 Å². The summed E-state index contributed by atoms with van der Waals surface area (Å²) in [6.07, 6.45) is 1.55. The normalized spacial score (nSPS) is 10.6. The van der Waals surface area contributed by atoms with Crippen LogP contribution in [0, 0.1) is 4.77 Å². The first kappa shape index (κ1) is 19.6. The second kappa shape index (κ2) is 9.11. The average Bonchev–Trinajstić information content (AvgIpc) is 3.01. The van der Waals surface area contributed by atoms with Crippen molar-refractivity contribution in [2.75, 3.05) is 34.4 Å². The van der Waals surface area contributed by atoms with Crippen LogP contribution in [0.25, 0.3) is 5.69 Å². The summed E-state index contributed by atoms with van der Waals surface area (Å²) in [5.41, 5.74) is 0.735. The molecule has 1 aromatic heterocycles. The van der Waals surface area contributed by atoms with E-state index in [9.17, 15) is 9.59 Å². The number of rotatable bonds is 8. The smallest absolute Gasteiger partial charge is 0.319 e. The van der Waals surface area contributed by atoms with E-state index >= 15 is 0 Å². The molecule has 140 valence electrons. The van der Waals surface area contributed by atoms with Gasteiger partial charge in [0.25, 0.3) is 0 Å². The number of carbonyl (C=O) groups is 2. The molecule has 0 bridgehead atoms. The van der Waals surface area contributed by atoms with Gasteiger partial charge in [-0.05, 0) is 24.4 Å². The number of methoxy groups -OCH3 is 3. The molecule has 0 aliphatic rings. The number of benzene rings is 1. The van der Waals surface area contributed by atoms with Crippen LogP contribution in [0.5, 0.6) is 5.75 Å². The number of esters is 2. The Morgan fingerprint density at radius 3 is 2.31 bits per heavy atom. The quantitative estimate of drug-likeness (QED) is 0.495. The van der Waals surface area contributed by atoms with E-state index in [1.165, 1.54) is 23.8 Å². The summed E-state index contributed by atoms with van der Waals surface area (Å²) in [6.45, 7) is -0.0883. The van der Waals surface area contributed by atoms with Gasteiger partial charge in [0.15, 0.2) is 0 Å². The van der Waals surface area contributed by atoms with Crippen LogP contribution in [0.1, 0.15) is 0 Å². The molecule has 0 saturated heterocycles. The molecule has 26 heavy (non-hydrogen) atoms. The number of hydrogen-bond acceptors (Lipinski definition) is 8. The Hall–Kier alpha value is -2.72. The molecule has 0 unspecified atom stereocenters. The van der Waals surface area contributed by atoms with Crippen molar-refractivity contribution < 1.29 is 23.8 Å². The number of para-hydroxylation sites is 2. The van der Waals surface area contributed by atoms with Gasteiger partial charge in [-0.1, -0.05) is 12.1 Å². The maximum absolute atomic E-state index is 11.6. The van der Waals surface area contributed by atoms with E-state index in [1.54, 1.807) is 18.0 Å². The van der Waals surface area contributed by atoms with E-state index in [2.05, 4.69) is 14.6 Å². The third kappa shape index (κ3) is 4.67. The molecule has 9 nitrogen and oxygen atoms in total. The summed E-state index contributed by atoms with van der Waals surface area (Å²) in [7, 11) is 4.13. The summed E-state index contributed by atoms with van der Waals surface area (Å²) in [5.74, 6) is -0.321. The zero-order chi connectivity index (χ0) is 19.1. The molecule has 10 heteroatoms. The molecule has 0 fully saturated rings. The SMILES string of the molecule is COC(=O)CN(CC(=O)OC)Cn1ncn(-c2ccccc2OC)c1=S. The Morgan fingerprint density at radius 2 is 1.73 bits per heavy atom. The number of aromatic nitrogens is 3. The Kier molecular flexibility index (Phi) is 6.87. The highest BCUT2D eigenvalue weighted by molar-refractivity contribution is 7.71. The lowest BCUT2D eigenvalue weighted by Gasteiger charge is -2.19. The van der Waals surface area contributed by atoms with Gasteiger partial charge in [-0.3, -0.25) is 19.1 Å². The van der Waals surface area contributed by atoms with Crippen LogP contribution >= 0.6 is 12.2 Å². The lowest BCUT2D eigenvalue weighted by molar-refractivity contribution is -0.146. The molecule has 0 N–H and O–H groups in total. The summed E-state index contributed by atoms with van der Waals surface area (Å²) >= 11 is 5.47. The second-order valence-electron chi connectivity index (χ2n) is 5.24. The van der Waals surface area contributed by atoms with Crippen molar-refractivity contribution in [3.8, 4) is 11.4 Å². The third-order valence-corrected chi connectivity index (χ3v) is 3.98. The average molecular weight is 380 g/mol. The monoisotopic (exact) mass is 380 g/mol. The number of carbonyl (C=O) groups excluding carboxylic acids is 2. The first-order valence-corrected chi connectivity index (χ1v) is 8.04. The topological polar surface area (TPSA) is 87.8 Å². The van der Waals surface area contributed by atoms with Crippen LogP contribution in [-0.4, -0.2) is 65.6 Å². The van der Waals surface area contributed by atoms with Crippen LogP contribution in [-0.2, 0) is 25.7 Å². The molecule has 0 aliphatic heterocycles. The fourth-order valence-electron chi connectivity index (χ4n) is 2.27. The van der Waals surface area contributed by atoms with Gasteiger partial charge < -0.3 is 14.2 Å². The molecular formula is C16H20N4O5S. The standard InChI is InChI=1S/C16H20N4O5S/c1-23-13-7-5-4-6-12(13)19-10-17-20(16(19)26)11-18(8-14(21)24-2)9-15(22)25-3/h4-7,10H,8-9,11H2,1-3H3. The minimum Gasteiger partial charge on any atom is -0.495 e. The van der Waals surface area contributed by atoms with Gasteiger partial charge in [0, 0.05) is 0 Å². The predicted molar refractivity (Wildman–Crippen MR) is 94.5 cm³/mol. The largest absolute Gasteiger partial charge is 0.495 e. The van der Waals surface area contributed by atoms with Crippen molar-refractivity contribution in [3.05, 3.63) is 35.4 Å². The van der Waals surface area contributed by atoms with Crippen LogP contribution < -0.4 is 4.74 Å². The van der Waals surface area contributed by atoms with Gasteiger partial charge in [0.2, 0.25) is 4.77 Å². The first-order chi connectivity index (χ1) is 12.5.